The van der Waals surface area contributed by atoms with Gasteiger partial charge in [-0.15, -0.1) is 0 Å². The first-order valence-electron chi connectivity index (χ1n) is 15.0. The highest BCUT2D eigenvalue weighted by atomic mass is 16.3. The molecule has 6 rings (SSSR count). The molecular weight excluding hydrogens is 524 g/mol. The van der Waals surface area contributed by atoms with Crippen LogP contribution in [0.2, 0.25) is 0 Å². The number of carbonyl (C=O) groups excluding carboxylic acids is 1. The van der Waals surface area contributed by atoms with Crippen LogP contribution in [0, 0.1) is 13.8 Å². The molecule has 1 saturated carbocycles. The van der Waals surface area contributed by atoms with Gasteiger partial charge in [0.1, 0.15) is 11.5 Å². The van der Waals surface area contributed by atoms with Crippen molar-refractivity contribution in [3.05, 3.63) is 105 Å². The first kappa shape index (κ1) is 27.8. The Morgan fingerprint density at radius 1 is 0.905 bits per heavy atom. The van der Waals surface area contributed by atoms with Crippen LogP contribution in [0.4, 0.5) is 5.69 Å². The Balaban J connectivity index is 1.15. The maximum absolute atomic E-state index is 13.3. The highest BCUT2D eigenvalue weighted by Crippen LogP contribution is 2.33. The zero-order chi connectivity index (χ0) is 29.2. The highest BCUT2D eigenvalue weighted by molar-refractivity contribution is 5.97. The third-order valence-electron chi connectivity index (χ3n) is 8.79. The number of aryl methyl sites for hydroxylation is 2. The van der Waals surface area contributed by atoms with E-state index >= 15 is 0 Å². The van der Waals surface area contributed by atoms with Crippen LogP contribution in [0.25, 0.3) is 22.9 Å². The molecule has 1 aromatic heterocycles. The summed E-state index contributed by atoms with van der Waals surface area (Å²) in [4.78, 5) is 37.8. The van der Waals surface area contributed by atoms with Gasteiger partial charge in [0, 0.05) is 49.1 Å². The summed E-state index contributed by atoms with van der Waals surface area (Å²) in [5.74, 6) is 0.527. The molecule has 1 saturated heterocycles. The zero-order valence-electron chi connectivity index (χ0n) is 24.4. The number of H-pyrrole nitrogens is 1. The number of amides is 1. The summed E-state index contributed by atoms with van der Waals surface area (Å²) >= 11 is 0. The normalized spacial score (nSPS) is 16.7. The number of carbonyl (C=O) groups is 1. The zero-order valence-corrected chi connectivity index (χ0v) is 24.4. The van der Waals surface area contributed by atoms with Crippen molar-refractivity contribution in [1.82, 2.24) is 14.9 Å². The van der Waals surface area contributed by atoms with Crippen molar-refractivity contribution in [2.45, 2.75) is 51.9 Å². The van der Waals surface area contributed by atoms with Gasteiger partial charge in [0.2, 0.25) is 0 Å². The second kappa shape index (κ2) is 11.8. The monoisotopic (exact) mass is 562 g/mol. The maximum Gasteiger partial charge on any atom is 0.274 e. The van der Waals surface area contributed by atoms with Crippen LogP contribution in [-0.4, -0.2) is 52.1 Å². The molecule has 0 bridgehead atoms. The molecule has 42 heavy (non-hydrogen) atoms. The number of nitrogens with zero attached hydrogens (tertiary/aromatic N) is 3. The van der Waals surface area contributed by atoms with Gasteiger partial charge in [0.15, 0.2) is 0 Å². The van der Waals surface area contributed by atoms with Gasteiger partial charge in [-0.3, -0.25) is 9.59 Å². The number of nitrogens with one attached hydrogen (secondary N) is 1. The van der Waals surface area contributed by atoms with Crippen molar-refractivity contribution in [3.8, 4) is 0 Å². The van der Waals surface area contributed by atoms with E-state index in [4.69, 9.17) is 0 Å². The van der Waals surface area contributed by atoms with E-state index in [0.717, 1.165) is 13.1 Å². The molecule has 0 atom stereocenters. The summed E-state index contributed by atoms with van der Waals surface area (Å²) in [7, 11) is 0. The second-order valence-corrected chi connectivity index (χ2v) is 11.7. The van der Waals surface area contributed by atoms with Crippen LogP contribution >= 0.6 is 0 Å². The number of hydrogen-bond donors (Lipinski definition) is 2. The maximum atomic E-state index is 13.3. The van der Waals surface area contributed by atoms with E-state index in [-0.39, 0.29) is 17.4 Å². The molecule has 2 fully saturated rings. The molecule has 0 unspecified atom stereocenters. The quantitative estimate of drug-likeness (QED) is 0.267. The van der Waals surface area contributed by atoms with Crippen molar-refractivity contribution in [2.24, 2.45) is 0 Å². The van der Waals surface area contributed by atoms with E-state index in [1.165, 1.54) is 60.6 Å². The number of hydrogen-bond acceptors (Lipinski definition) is 5. The fourth-order valence-corrected chi connectivity index (χ4v) is 6.30. The van der Waals surface area contributed by atoms with Gasteiger partial charge in [0.05, 0.1) is 11.0 Å². The van der Waals surface area contributed by atoms with Crippen molar-refractivity contribution in [1.29, 1.82) is 0 Å². The largest absolute Gasteiger partial charge is 0.507 e. The number of aromatic amines is 1. The van der Waals surface area contributed by atoms with Crippen LogP contribution in [0.3, 0.4) is 0 Å². The lowest BCUT2D eigenvalue weighted by molar-refractivity contribution is 0.0747. The fraction of sp³-hybridized carbons (Fsp3) is 0.343. The molecule has 1 aliphatic carbocycles. The molecule has 7 nitrogen and oxygen atoms in total. The Labute approximate surface area is 246 Å². The smallest absolute Gasteiger partial charge is 0.274 e. The van der Waals surface area contributed by atoms with Crippen molar-refractivity contribution in [2.75, 3.05) is 31.1 Å². The van der Waals surface area contributed by atoms with Crippen molar-refractivity contribution >= 4 is 34.5 Å². The summed E-state index contributed by atoms with van der Waals surface area (Å²) in [6.07, 6.45) is 7.70. The average Bonchev–Trinajstić information content (AvgIpc) is 3.02. The number of rotatable bonds is 5. The lowest BCUT2D eigenvalue weighted by Crippen LogP contribution is -2.49. The van der Waals surface area contributed by atoms with Gasteiger partial charge < -0.3 is 19.9 Å². The molecule has 2 aliphatic rings. The fourth-order valence-electron chi connectivity index (χ4n) is 6.30. The molecule has 2 N–H and O–H groups in total. The van der Waals surface area contributed by atoms with E-state index in [9.17, 15) is 14.7 Å². The number of fused-ring (bicyclic) bond motifs is 1. The summed E-state index contributed by atoms with van der Waals surface area (Å²) < 4.78 is 0. The number of piperazine rings is 1. The Hall–Kier alpha value is -4.39. The van der Waals surface area contributed by atoms with Gasteiger partial charge in [-0.1, -0.05) is 55.7 Å². The Morgan fingerprint density at radius 2 is 1.62 bits per heavy atom. The predicted octanol–water partition coefficient (Wildman–Crippen LogP) is 6.61. The number of aliphatic hydroxyl groups excluding tert-OH is 1. The molecule has 1 aliphatic heterocycles. The van der Waals surface area contributed by atoms with Gasteiger partial charge in [-0.2, -0.15) is 0 Å². The minimum absolute atomic E-state index is 0.00524. The molecule has 2 heterocycles. The van der Waals surface area contributed by atoms with Crippen molar-refractivity contribution < 1.29 is 9.90 Å². The van der Waals surface area contributed by atoms with E-state index in [1.807, 2.05) is 17.0 Å². The summed E-state index contributed by atoms with van der Waals surface area (Å²) in [6, 6.07) is 19.6. The second-order valence-electron chi connectivity index (χ2n) is 11.7. The first-order valence-corrected chi connectivity index (χ1v) is 15.0. The number of benzene rings is 3. The molecule has 7 heteroatoms. The third-order valence-corrected chi connectivity index (χ3v) is 8.79. The summed E-state index contributed by atoms with van der Waals surface area (Å²) in [6.45, 7) is 7.01. The molecule has 4 aromatic rings. The number of anilines is 1. The van der Waals surface area contributed by atoms with E-state index in [2.05, 4.69) is 59.0 Å². The third kappa shape index (κ3) is 5.82. The Morgan fingerprint density at radius 3 is 2.36 bits per heavy atom. The van der Waals surface area contributed by atoms with Crippen LogP contribution in [0.15, 0.2) is 65.5 Å². The molecule has 216 valence electrons. The van der Waals surface area contributed by atoms with E-state index < -0.39 is 5.56 Å². The van der Waals surface area contributed by atoms with Gasteiger partial charge in [0.25, 0.3) is 11.5 Å². The molecule has 0 radical (unpaired) electrons. The minimum atomic E-state index is -0.417. The van der Waals surface area contributed by atoms with Crippen LogP contribution in [0.5, 0.6) is 0 Å². The Kier molecular flexibility index (Phi) is 7.83. The van der Waals surface area contributed by atoms with Gasteiger partial charge in [-0.05, 0) is 73.6 Å². The Bertz CT molecular complexity index is 1690. The molecule has 3 aromatic carbocycles. The van der Waals surface area contributed by atoms with Crippen LogP contribution in [-0.2, 0) is 0 Å². The SMILES string of the molecule is Cc1ccc(C)c(N2CCN(C(=O)c3ccc4nc(/C=C(\O)c5ccc(C6CCCCC6)cc5)c(=O)[nH]c4c3)CC2)c1. The van der Waals surface area contributed by atoms with Gasteiger partial charge >= 0.3 is 0 Å². The van der Waals surface area contributed by atoms with E-state index in [0.29, 0.717) is 41.2 Å². The molecule has 1 amide bonds. The molecule has 0 spiro atoms. The van der Waals surface area contributed by atoms with Gasteiger partial charge in [-0.25, -0.2) is 4.98 Å². The average molecular weight is 563 g/mol. The summed E-state index contributed by atoms with van der Waals surface area (Å²) in [5, 5.41) is 10.8. The lowest BCUT2D eigenvalue weighted by Gasteiger charge is -2.37. The number of aliphatic hydroxyl groups is 1. The highest BCUT2D eigenvalue weighted by Gasteiger charge is 2.24. The summed E-state index contributed by atoms with van der Waals surface area (Å²) in [5.41, 5.74) is 6.92. The van der Waals surface area contributed by atoms with E-state index in [1.54, 1.807) is 18.2 Å². The standard InChI is InChI=1S/C35H38N4O3/c1-23-8-9-24(2)32(20-23)38-16-18-39(19-17-38)35(42)28-14-15-29-30(21-28)37-34(41)31(36-29)22-33(40)27-12-10-26(11-13-27)25-6-4-3-5-7-25/h8-15,20-22,25,40H,3-7,16-19H2,1-2H3,(H,37,41)/b33-22-. The van der Waals surface area contributed by atoms with Crippen molar-refractivity contribution in [3.63, 3.8) is 0 Å². The lowest BCUT2D eigenvalue weighted by atomic mass is 9.84. The molecular formula is C35H38N4O3. The first-order chi connectivity index (χ1) is 20.4. The topological polar surface area (TPSA) is 89.5 Å². The minimum Gasteiger partial charge on any atom is -0.507 e. The van der Waals surface area contributed by atoms with Crippen LogP contribution < -0.4 is 10.5 Å². The van der Waals surface area contributed by atoms with Crippen LogP contribution in [0.1, 0.15) is 76.3 Å². The number of aromatic nitrogens is 2. The predicted molar refractivity (Wildman–Crippen MR) is 169 cm³/mol.